The summed E-state index contributed by atoms with van der Waals surface area (Å²) in [5.41, 5.74) is 10.5. The standard InChI is InChI=1S/C17H24N2/c1-5-12(4)13-6-7-17-15(9-13)16(18)10-14(19-17)8-11(2)3/h6-7,9-12H,5,8H2,1-4H3,(H2,18,19). The molecule has 0 fully saturated rings. The maximum atomic E-state index is 6.20. The van der Waals surface area contributed by atoms with E-state index < -0.39 is 0 Å². The van der Waals surface area contributed by atoms with Crippen molar-refractivity contribution < 1.29 is 0 Å². The number of anilines is 1. The van der Waals surface area contributed by atoms with Crippen LogP contribution >= 0.6 is 0 Å². The van der Waals surface area contributed by atoms with Gasteiger partial charge in [0.05, 0.1) is 5.52 Å². The predicted octanol–water partition coefficient (Wildman–Crippen LogP) is 4.53. The van der Waals surface area contributed by atoms with Crippen LogP contribution in [0.15, 0.2) is 24.3 Å². The molecule has 1 aromatic heterocycles. The normalized spacial score (nSPS) is 13.1. The number of nitrogens with zero attached hydrogens (tertiary/aromatic N) is 1. The first-order valence-electron chi connectivity index (χ1n) is 7.20. The van der Waals surface area contributed by atoms with Crippen molar-refractivity contribution in [1.82, 2.24) is 4.98 Å². The Labute approximate surface area is 116 Å². The van der Waals surface area contributed by atoms with Crippen molar-refractivity contribution in [2.45, 2.75) is 46.5 Å². The highest BCUT2D eigenvalue weighted by Crippen LogP contribution is 2.27. The molecule has 0 aliphatic carbocycles. The predicted molar refractivity (Wildman–Crippen MR) is 83.4 cm³/mol. The monoisotopic (exact) mass is 256 g/mol. The highest BCUT2D eigenvalue weighted by Gasteiger charge is 2.08. The van der Waals surface area contributed by atoms with Crippen LogP contribution < -0.4 is 5.73 Å². The van der Waals surface area contributed by atoms with Gasteiger partial charge in [-0.2, -0.15) is 0 Å². The number of pyridine rings is 1. The average molecular weight is 256 g/mol. The Morgan fingerprint density at radius 2 is 1.89 bits per heavy atom. The summed E-state index contributed by atoms with van der Waals surface area (Å²) in [6.07, 6.45) is 2.12. The topological polar surface area (TPSA) is 38.9 Å². The Hall–Kier alpha value is -1.57. The summed E-state index contributed by atoms with van der Waals surface area (Å²) < 4.78 is 0. The van der Waals surface area contributed by atoms with E-state index in [1.807, 2.05) is 6.07 Å². The molecular weight excluding hydrogens is 232 g/mol. The van der Waals surface area contributed by atoms with Gasteiger partial charge in [0.2, 0.25) is 0 Å². The maximum Gasteiger partial charge on any atom is 0.0726 e. The third-order valence-corrected chi connectivity index (χ3v) is 3.72. The van der Waals surface area contributed by atoms with E-state index in [4.69, 9.17) is 10.7 Å². The third kappa shape index (κ3) is 3.06. The Bertz CT molecular complexity index is 573. The first-order chi connectivity index (χ1) is 9.01. The van der Waals surface area contributed by atoms with Crippen molar-refractivity contribution in [1.29, 1.82) is 0 Å². The average Bonchev–Trinajstić information content (AvgIpc) is 2.36. The molecule has 0 spiro atoms. The SMILES string of the molecule is CCC(C)c1ccc2nc(CC(C)C)cc(N)c2c1. The van der Waals surface area contributed by atoms with Crippen LogP contribution in [0, 0.1) is 5.92 Å². The summed E-state index contributed by atoms with van der Waals surface area (Å²) in [7, 11) is 0. The summed E-state index contributed by atoms with van der Waals surface area (Å²) in [5.74, 6) is 1.17. The van der Waals surface area contributed by atoms with Crippen LogP contribution in [0.3, 0.4) is 0 Å². The minimum absolute atomic E-state index is 0.569. The Morgan fingerprint density at radius 3 is 2.53 bits per heavy atom. The molecule has 1 heterocycles. The van der Waals surface area contributed by atoms with Gasteiger partial charge in [0.25, 0.3) is 0 Å². The zero-order valence-corrected chi connectivity index (χ0v) is 12.4. The summed E-state index contributed by atoms with van der Waals surface area (Å²) >= 11 is 0. The van der Waals surface area contributed by atoms with Crippen LogP contribution in [0.2, 0.25) is 0 Å². The van der Waals surface area contributed by atoms with Crippen LogP contribution in [0.25, 0.3) is 10.9 Å². The first kappa shape index (κ1) is 13.9. The van der Waals surface area contributed by atoms with Gasteiger partial charge < -0.3 is 5.73 Å². The van der Waals surface area contributed by atoms with Gasteiger partial charge in [-0.05, 0) is 48.4 Å². The van der Waals surface area contributed by atoms with E-state index in [9.17, 15) is 0 Å². The molecule has 0 aliphatic rings. The van der Waals surface area contributed by atoms with E-state index in [2.05, 4.69) is 45.9 Å². The number of hydrogen-bond donors (Lipinski definition) is 1. The highest BCUT2D eigenvalue weighted by atomic mass is 14.7. The van der Waals surface area contributed by atoms with Gasteiger partial charge in [-0.3, -0.25) is 4.98 Å². The van der Waals surface area contributed by atoms with E-state index in [-0.39, 0.29) is 0 Å². The molecule has 0 saturated heterocycles. The van der Waals surface area contributed by atoms with Crippen LogP contribution in [0.5, 0.6) is 0 Å². The Balaban J connectivity index is 2.47. The molecule has 0 bridgehead atoms. The Morgan fingerprint density at radius 1 is 1.16 bits per heavy atom. The second-order valence-corrected chi connectivity index (χ2v) is 5.89. The molecule has 1 atom stereocenters. The maximum absolute atomic E-state index is 6.20. The second kappa shape index (κ2) is 5.60. The molecule has 102 valence electrons. The van der Waals surface area contributed by atoms with Crippen molar-refractivity contribution in [3.63, 3.8) is 0 Å². The van der Waals surface area contributed by atoms with Gasteiger partial charge >= 0.3 is 0 Å². The van der Waals surface area contributed by atoms with E-state index in [1.165, 1.54) is 5.56 Å². The number of nitrogens with two attached hydrogens (primary N) is 1. The molecule has 1 unspecified atom stereocenters. The second-order valence-electron chi connectivity index (χ2n) is 5.89. The van der Waals surface area contributed by atoms with Gasteiger partial charge in [-0.15, -0.1) is 0 Å². The fourth-order valence-electron chi connectivity index (χ4n) is 2.39. The molecule has 0 radical (unpaired) electrons. The molecule has 2 rings (SSSR count). The van der Waals surface area contributed by atoms with E-state index >= 15 is 0 Å². The number of aromatic nitrogens is 1. The van der Waals surface area contributed by atoms with Gasteiger partial charge in [-0.1, -0.05) is 33.8 Å². The summed E-state index contributed by atoms with van der Waals surface area (Å²) in [5, 5.41) is 1.09. The number of benzene rings is 1. The molecule has 0 aliphatic heterocycles. The molecule has 2 aromatic rings. The van der Waals surface area contributed by atoms with Crippen molar-refractivity contribution in [2.75, 3.05) is 5.73 Å². The lowest BCUT2D eigenvalue weighted by atomic mass is 9.96. The highest BCUT2D eigenvalue weighted by molar-refractivity contribution is 5.90. The number of hydrogen-bond acceptors (Lipinski definition) is 2. The molecule has 1 aromatic carbocycles. The first-order valence-corrected chi connectivity index (χ1v) is 7.20. The zero-order chi connectivity index (χ0) is 14.0. The van der Waals surface area contributed by atoms with E-state index in [0.29, 0.717) is 11.8 Å². The van der Waals surface area contributed by atoms with E-state index in [1.54, 1.807) is 0 Å². The fraction of sp³-hybridized carbons (Fsp3) is 0.471. The van der Waals surface area contributed by atoms with Gasteiger partial charge in [-0.25, -0.2) is 0 Å². The quantitative estimate of drug-likeness (QED) is 0.873. The van der Waals surface area contributed by atoms with Crippen LogP contribution in [-0.4, -0.2) is 4.98 Å². The van der Waals surface area contributed by atoms with Gasteiger partial charge in [0, 0.05) is 16.8 Å². The van der Waals surface area contributed by atoms with Gasteiger partial charge in [0.15, 0.2) is 0 Å². The van der Waals surface area contributed by atoms with Crippen LogP contribution in [-0.2, 0) is 6.42 Å². The van der Waals surface area contributed by atoms with Crippen molar-refractivity contribution >= 4 is 16.6 Å². The number of rotatable bonds is 4. The fourth-order valence-corrected chi connectivity index (χ4v) is 2.39. The summed E-state index contributed by atoms with van der Waals surface area (Å²) in [6.45, 7) is 8.86. The lowest BCUT2D eigenvalue weighted by Gasteiger charge is -2.12. The van der Waals surface area contributed by atoms with Crippen molar-refractivity contribution in [3.05, 3.63) is 35.5 Å². The molecule has 2 nitrogen and oxygen atoms in total. The largest absolute Gasteiger partial charge is 0.398 e. The minimum atomic E-state index is 0.569. The lowest BCUT2D eigenvalue weighted by Crippen LogP contribution is -2.01. The molecular formula is C17H24N2. The van der Waals surface area contributed by atoms with E-state index in [0.717, 1.165) is 35.1 Å². The zero-order valence-electron chi connectivity index (χ0n) is 12.4. The van der Waals surface area contributed by atoms with Crippen LogP contribution in [0.1, 0.15) is 51.3 Å². The van der Waals surface area contributed by atoms with Gasteiger partial charge in [0.1, 0.15) is 0 Å². The van der Waals surface area contributed by atoms with Crippen molar-refractivity contribution in [3.8, 4) is 0 Å². The molecule has 2 heteroatoms. The number of fused-ring (bicyclic) bond motifs is 1. The lowest BCUT2D eigenvalue weighted by molar-refractivity contribution is 0.637. The van der Waals surface area contributed by atoms with Crippen molar-refractivity contribution in [2.24, 2.45) is 5.92 Å². The smallest absolute Gasteiger partial charge is 0.0726 e. The minimum Gasteiger partial charge on any atom is -0.398 e. The Kier molecular flexibility index (Phi) is 4.08. The summed E-state index contributed by atoms with van der Waals surface area (Å²) in [6, 6.07) is 8.52. The third-order valence-electron chi connectivity index (χ3n) is 3.72. The molecule has 19 heavy (non-hydrogen) atoms. The van der Waals surface area contributed by atoms with Crippen LogP contribution in [0.4, 0.5) is 5.69 Å². The summed E-state index contributed by atoms with van der Waals surface area (Å²) in [4.78, 5) is 4.72. The number of nitrogen functional groups attached to an aromatic ring is 1. The molecule has 2 N–H and O–H groups in total. The molecule has 0 amide bonds. The molecule has 0 saturated carbocycles.